The van der Waals surface area contributed by atoms with Gasteiger partial charge in [0, 0.05) is 12.2 Å². The number of thioether (sulfide) groups is 1. The van der Waals surface area contributed by atoms with E-state index in [0.717, 1.165) is 29.6 Å². The number of fused-ring (bicyclic) bond motifs is 1. The average molecular weight is 288 g/mol. The molecular formula is C15H20N4S. The number of nitrogens with zero attached hydrogens (tertiary/aromatic N) is 3. The molecule has 0 amide bonds. The Bertz CT molecular complexity index is 620. The standard InChI is InChI=1S/C15H20N4S/c1-4-5-14-16-17-15-19(14)18-13(9-20-15)12-7-6-10(2)11(3)8-12/h6-8,13,18H,4-5,9H2,1-3H3. The fourth-order valence-electron chi connectivity index (χ4n) is 2.41. The molecule has 0 bridgehead atoms. The van der Waals surface area contributed by atoms with E-state index in [1.807, 2.05) is 0 Å². The zero-order valence-corrected chi connectivity index (χ0v) is 13.0. The first kappa shape index (κ1) is 13.5. The van der Waals surface area contributed by atoms with Crippen LogP contribution in [0.25, 0.3) is 0 Å². The van der Waals surface area contributed by atoms with Crippen molar-refractivity contribution in [2.75, 3.05) is 11.2 Å². The second kappa shape index (κ2) is 5.48. The zero-order valence-electron chi connectivity index (χ0n) is 12.2. The summed E-state index contributed by atoms with van der Waals surface area (Å²) in [5.41, 5.74) is 7.59. The number of rotatable bonds is 3. The molecule has 1 atom stereocenters. The van der Waals surface area contributed by atoms with Gasteiger partial charge < -0.3 is 5.43 Å². The molecule has 1 aliphatic rings. The fourth-order valence-corrected chi connectivity index (χ4v) is 3.38. The molecule has 5 heteroatoms. The Hall–Kier alpha value is -1.49. The van der Waals surface area contributed by atoms with Crippen LogP contribution in [-0.4, -0.2) is 20.6 Å². The summed E-state index contributed by atoms with van der Waals surface area (Å²) in [6, 6.07) is 7.02. The Balaban J connectivity index is 1.87. The first-order valence-electron chi connectivity index (χ1n) is 7.10. The van der Waals surface area contributed by atoms with Crippen LogP contribution in [0.5, 0.6) is 0 Å². The van der Waals surface area contributed by atoms with E-state index in [0.29, 0.717) is 6.04 Å². The molecular weight excluding hydrogens is 268 g/mol. The van der Waals surface area contributed by atoms with Crippen molar-refractivity contribution in [2.24, 2.45) is 0 Å². The van der Waals surface area contributed by atoms with E-state index in [4.69, 9.17) is 0 Å². The molecule has 0 fully saturated rings. The highest BCUT2D eigenvalue weighted by Crippen LogP contribution is 2.30. The van der Waals surface area contributed by atoms with E-state index in [1.165, 1.54) is 16.7 Å². The van der Waals surface area contributed by atoms with E-state index in [-0.39, 0.29) is 0 Å². The molecule has 0 radical (unpaired) electrons. The topological polar surface area (TPSA) is 42.7 Å². The Morgan fingerprint density at radius 3 is 2.90 bits per heavy atom. The Morgan fingerprint density at radius 1 is 1.30 bits per heavy atom. The van der Waals surface area contributed by atoms with E-state index < -0.39 is 0 Å². The minimum Gasteiger partial charge on any atom is -0.314 e. The number of hydrogen-bond donors (Lipinski definition) is 1. The van der Waals surface area contributed by atoms with E-state index >= 15 is 0 Å². The van der Waals surface area contributed by atoms with Gasteiger partial charge >= 0.3 is 0 Å². The largest absolute Gasteiger partial charge is 0.314 e. The summed E-state index contributed by atoms with van der Waals surface area (Å²) in [6.07, 6.45) is 2.04. The smallest absolute Gasteiger partial charge is 0.210 e. The van der Waals surface area contributed by atoms with Crippen LogP contribution in [0.2, 0.25) is 0 Å². The lowest BCUT2D eigenvalue weighted by Gasteiger charge is -2.27. The van der Waals surface area contributed by atoms with Crippen molar-refractivity contribution in [3.05, 3.63) is 40.7 Å². The predicted molar refractivity (Wildman–Crippen MR) is 82.8 cm³/mol. The van der Waals surface area contributed by atoms with Crippen LogP contribution in [0.15, 0.2) is 23.4 Å². The summed E-state index contributed by atoms with van der Waals surface area (Å²) in [4.78, 5) is 0. The molecule has 106 valence electrons. The van der Waals surface area contributed by atoms with Crippen molar-refractivity contribution in [1.29, 1.82) is 0 Å². The maximum Gasteiger partial charge on any atom is 0.210 e. The number of aryl methyl sites for hydroxylation is 3. The highest BCUT2D eigenvalue weighted by molar-refractivity contribution is 7.99. The molecule has 1 N–H and O–H groups in total. The maximum atomic E-state index is 4.28. The van der Waals surface area contributed by atoms with Crippen molar-refractivity contribution >= 4 is 11.8 Å². The SMILES string of the molecule is CCCc1nnc2n1NC(c1ccc(C)c(C)c1)CS2. The van der Waals surface area contributed by atoms with E-state index in [2.05, 4.69) is 59.3 Å². The first-order chi connectivity index (χ1) is 9.69. The van der Waals surface area contributed by atoms with Gasteiger partial charge in [0.25, 0.3) is 0 Å². The molecule has 3 rings (SSSR count). The van der Waals surface area contributed by atoms with Gasteiger partial charge in [0.1, 0.15) is 0 Å². The molecule has 1 aromatic carbocycles. The molecule has 1 aromatic heterocycles. The third-order valence-electron chi connectivity index (χ3n) is 3.77. The Kier molecular flexibility index (Phi) is 3.70. The van der Waals surface area contributed by atoms with Gasteiger partial charge in [-0.25, -0.2) is 4.68 Å². The third-order valence-corrected chi connectivity index (χ3v) is 4.79. The molecule has 2 aromatic rings. The summed E-state index contributed by atoms with van der Waals surface area (Å²) in [7, 11) is 0. The summed E-state index contributed by atoms with van der Waals surface area (Å²) < 4.78 is 2.07. The second-order valence-corrected chi connectivity index (χ2v) is 6.31. The number of hydrogen-bond acceptors (Lipinski definition) is 4. The molecule has 2 heterocycles. The van der Waals surface area contributed by atoms with Crippen molar-refractivity contribution in [3.63, 3.8) is 0 Å². The lowest BCUT2D eigenvalue weighted by atomic mass is 10.0. The van der Waals surface area contributed by atoms with Crippen molar-refractivity contribution < 1.29 is 0 Å². The van der Waals surface area contributed by atoms with Crippen LogP contribution in [-0.2, 0) is 6.42 Å². The predicted octanol–water partition coefficient (Wildman–Crippen LogP) is 3.24. The minimum absolute atomic E-state index is 0.318. The van der Waals surface area contributed by atoms with Crippen molar-refractivity contribution in [1.82, 2.24) is 14.9 Å². The molecule has 1 aliphatic heterocycles. The van der Waals surface area contributed by atoms with Crippen LogP contribution in [0.3, 0.4) is 0 Å². The molecule has 0 aliphatic carbocycles. The van der Waals surface area contributed by atoms with Gasteiger partial charge in [-0.3, -0.25) is 0 Å². The highest BCUT2D eigenvalue weighted by atomic mass is 32.2. The van der Waals surface area contributed by atoms with Gasteiger partial charge in [-0.15, -0.1) is 10.2 Å². The van der Waals surface area contributed by atoms with Crippen molar-refractivity contribution in [2.45, 2.75) is 44.8 Å². The maximum absolute atomic E-state index is 4.28. The van der Waals surface area contributed by atoms with Gasteiger partial charge in [0.05, 0.1) is 6.04 Å². The molecule has 0 saturated carbocycles. The zero-order chi connectivity index (χ0) is 14.1. The lowest BCUT2D eigenvalue weighted by Crippen LogP contribution is -2.29. The van der Waals surface area contributed by atoms with E-state index in [9.17, 15) is 0 Å². The number of nitrogens with one attached hydrogen (secondary N) is 1. The quantitative estimate of drug-likeness (QED) is 0.941. The van der Waals surface area contributed by atoms with Gasteiger partial charge in [-0.1, -0.05) is 36.9 Å². The van der Waals surface area contributed by atoms with Gasteiger partial charge in [-0.2, -0.15) is 0 Å². The minimum atomic E-state index is 0.318. The number of aromatic nitrogens is 3. The molecule has 20 heavy (non-hydrogen) atoms. The normalized spacial score (nSPS) is 17.6. The monoisotopic (exact) mass is 288 g/mol. The lowest BCUT2D eigenvalue weighted by molar-refractivity contribution is 0.627. The van der Waals surface area contributed by atoms with Crippen LogP contribution >= 0.6 is 11.8 Å². The van der Waals surface area contributed by atoms with E-state index in [1.54, 1.807) is 11.8 Å². The number of benzene rings is 1. The molecule has 0 saturated heterocycles. The summed E-state index contributed by atoms with van der Waals surface area (Å²) in [5, 5.41) is 9.51. The van der Waals surface area contributed by atoms with Gasteiger partial charge in [0.2, 0.25) is 5.16 Å². The Morgan fingerprint density at radius 2 is 2.15 bits per heavy atom. The first-order valence-corrected chi connectivity index (χ1v) is 8.08. The van der Waals surface area contributed by atoms with Gasteiger partial charge in [0.15, 0.2) is 5.82 Å². The van der Waals surface area contributed by atoms with Crippen LogP contribution < -0.4 is 5.43 Å². The van der Waals surface area contributed by atoms with Gasteiger partial charge in [-0.05, 0) is 37.0 Å². The molecule has 0 spiro atoms. The second-order valence-electron chi connectivity index (χ2n) is 5.32. The fraction of sp³-hybridized carbons (Fsp3) is 0.467. The molecule has 1 unspecified atom stereocenters. The average Bonchev–Trinajstić information content (AvgIpc) is 2.85. The molecule has 4 nitrogen and oxygen atoms in total. The van der Waals surface area contributed by atoms with Crippen LogP contribution in [0, 0.1) is 13.8 Å². The Labute approximate surface area is 124 Å². The third kappa shape index (κ3) is 2.42. The van der Waals surface area contributed by atoms with Crippen molar-refractivity contribution in [3.8, 4) is 0 Å². The summed E-state index contributed by atoms with van der Waals surface area (Å²) in [5.74, 6) is 2.02. The highest BCUT2D eigenvalue weighted by Gasteiger charge is 2.23. The van der Waals surface area contributed by atoms with Crippen LogP contribution in [0.4, 0.5) is 0 Å². The summed E-state index contributed by atoms with van der Waals surface area (Å²) in [6.45, 7) is 6.49. The van der Waals surface area contributed by atoms with Crippen LogP contribution in [0.1, 0.15) is 41.9 Å². The summed E-state index contributed by atoms with van der Waals surface area (Å²) >= 11 is 1.78.